The summed E-state index contributed by atoms with van der Waals surface area (Å²) in [5.41, 5.74) is 5.96. The van der Waals surface area contributed by atoms with Gasteiger partial charge in [0.2, 0.25) is 5.91 Å². The predicted octanol–water partition coefficient (Wildman–Crippen LogP) is 0.377. The van der Waals surface area contributed by atoms with E-state index >= 15 is 0 Å². The Bertz CT molecular complexity index is 719. The molecule has 0 unspecified atom stereocenters. The molecule has 0 saturated carbocycles. The molecule has 0 aliphatic heterocycles. The van der Waals surface area contributed by atoms with E-state index < -0.39 is 11.1 Å². The lowest BCUT2D eigenvalue weighted by Gasteiger charge is -2.34. The van der Waals surface area contributed by atoms with Gasteiger partial charge in [0.1, 0.15) is 25.3 Å². The second kappa shape index (κ2) is 11.6. The number of hydrazine groups is 1. The Labute approximate surface area is 178 Å². The van der Waals surface area contributed by atoms with Gasteiger partial charge in [-0.1, -0.05) is 6.92 Å². The van der Waals surface area contributed by atoms with E-state index in [0.717, 1.165) is 12.2 Å². The zero-order valence-electron chi connectivity index (χ0n) is 18.5. The van der Waals surface area contributed by atoms with E-state index in [0.29, 0.717) is 24.1 Å². The monoisotopic (exact) mass is 422 g/mol. The molecule has 168 valence electrons. The summed E-state index contributed by atoms with van der Waals surface area (Å²) in [6, 6.07) is 0. The summed E-state index contributed by atoms with van der Waals surface area (Å²) in [6.45, 7) is 9.73. The first-order chi connectivity index (χ1) is 14.0. The number of hydrogen-bond donors (Lipinski definition) is 3. The second-order valence-electron chi connectivity index (χ2n) is 8.16. The standard InChI is InChI=1S/C20H34N6O4/c1-6-17-23-9-15(10-24-17)16(21)11-26(22)13-20(4,5)30-14-19(2,3)25-18(28)12-29-8-7-27/h7,9-11H,6,8,12-14,21-22H2,1-5H3,(H,25,28)/b16-11-. The molecule has 1 amide bonds. The summed E-state index contributed by atoms with van der Waals surface area (Å²) in [5, 5.41) is 4.25. The number of aldehydes is 1. The van der Waals surface area contributed by atoms with Crippen molar-refractivity contribution in [3.05, 3.63) is 30.0 Å². The molecule has 0 bridgehead atoms. The van der Waals surface area contributed by atoms with Crippen LogP contribution >= 0.6 is 0 Å². The molecule has 10 nitrogen and oxygen atoms in total. The van der Waals surface area contributed by atoms with Gasteiger partial charge in [0, 0.05) is 30.6 Å². The van der Waals surface area contributed by atoms with Crippen molar-refractivity contribution in [2.75, 3.05) is 26.4 Å². The fraction of sp³-hybridized carbons (Fsp3) is 0.600. The van der Waals surface area contributed by atoms with Gasteiger partial charge < -0.3 is 30.3 Å². The van der Waals surface area contributed by atoms with E-state index in [9.17, 15) is 9.59 Å². The molecule has 10 heteroatoms. The zero-order chi connectivity index (χ0) is 22.8. The molecule has 1 rings (SSSR count). The van der Waals surface area contributed by atoms with Gasteiger partial charge in [0.05, 0.1) is 30.0 Å². The van der Waals surface area contributed by atoms with Crippen LogP contribution in [0, 0.1) is 0 Å². The van der Waals surface area contributed by atoms with Crippen molar-refractivity contribution in [3.8, 4) is 0 Å². The van der Waals surface area contributed by atoms with Crippen molar-refractivity contribution in [2.45, 2.75) is 52.2 Å². The Morgan fingerprint density at radius 3 is 2.47 bits per heavy atom. The van der Waals surface area contributed by atoms with Crippen LogP contribution in [0.15, 0.2) is 18.6 Å². The molecule has 5 N–H and O–H groups in total. The zero-order valence-corrected chi connectivity index (χ0v) is 18.5. The molecular formula is C20H34N6O4. The van der Waals surface area contributed by atoms with Gasteiger partial charge in [-0.25, -0.2) is 15.8 Å². The minimum absolute atomic E-state index is 0.116. The summed E-state index contributed by atoms with van der Waals surface area (Å²) in [7, 11) is 0. The third-order valence-electron chi connectivity index (χ3n) is 3.94. The number of carbonyl (C=O) groups excluding carboxylic acids is 2. The van der Waals surface area contributed by atoms with Crippen LogP contribution in [-0.2, 0) is 25.5 Å². The third kappa shape index (κ3) is 9.77. The number of nitrogens with two attached hydrogens (primary N) is 2. The van der Waals surface area contributed by atoms with Crippen molar-refractivity contribution in [1.82, 2.24) is 20.3 Å². The summed E-state index contributed by atoms with van der Waals surface area (Å²) in [5.74, 6) is 6.51. The quantitative estimate of drug-likeness (QED) is 0.178. The Morgan fingerprint density at radius 1 is 1.27 bits per heavy atom. The second-order valence-corrected chi connectivity index (χ2v) is 8.16. The van der Waals surface area contributed by atoms with Crippen LogP contribution in [0.5, 0.6) is 0 Å². The van der Waals surface area contributed by atoms with Gasteiger partial charge in [-0.3, -0.25) is 4.79 Å². The fourth-order valence-corrected chi connectivity index (χ4v) is 2.50. The fourth-order valence-electron chi connectivity index (χ4n) is 2.50. The number of rotatable bonds is 13. The number of carbonyl (C=O) groups is 2. The Morgan fingerprint density at radius 2 is 1.90 bits per heavy atom. The summed E-state index contributed by atoms with van der Waals surface area (Å²) < 4.78 is 10.9. The van der Waals surface area contributed by atoms with Crippen LogP contribution in [0.4, 0.5) is 0 Å². The highest BCUT2D eigenvalue weighted by atomic mass is 16.5. The molecule has 0 fully saturated rings. The Hall–Kier alpha value is -2.56. The number of nitrogens with one attached hydrogen (secondary N) is 1. The maximum absolute atomic E-state index is 11.9. The number of amides is 1. The van der Waals surface area contributed by atoms with E-state index in [1.807, 2.05) is 34.6 Å². The van der Waals surface area contributed by atoms with E-state index in [1.54, 1.807) is 18.6 Å². The van der Waals surface area contributed by atoms with E-state index in [-0.39, 0.29) is 25.7 Å². The van der Waals surface area contributed by atoms with Gasteiger partial charge in [0.25, 0.3) is 0 Å². The molecule has 0 spiro atoms. The lowest BCUT2D eigenvalue weighted by atomic mass is 10.1. The Kier molecular flexibility index (Phi) is 9.83. The van der Waals surface area contributed by atoms with E-state index in [4.69, 9.17) is 21.1 Å². The van der Waals surface area contributed by atoms with Gasteiger partial charge in [0.15, 0.2) is 0 Å². The van der Waals surface area contributed by atoms with Gasteiger partial charge in [-0.2, -0.15) is 0 Å². The maximum Gasteiger partial charge on any atom is 0.246 e. The first-order valence-corrected chi connectivity index (χ1v) is 9.74. The highest BCUT2D eigenvalue weighted by molar-refractivity contribution is 5.78. The molecule has 0 aromatic carbocycles. The van der Waals surface area contributed by atoms with E-state index in [2.05, 4.69) is 15.3 Å². The Balaban J connectivity index is 2.57. The number of nitrogens with zero attached hydrogens (tertiary/aromatic N) is 3. The molecule has 30 heavy (non-hydrogen) atoms. The van der Waals surface area contributed by atoms with Crippen LogP contribution in [0.1, 0.15) is 46.0 Å². The van der Waals surface area contributed by atoms with Gasteiger partial charge in [-0.15, -0.1) is 0 Å². The van der Waals surface area contributed by atoms with E-state index in [1.165, 1.54) is 5.01 Å². The predicted molar refractivity (Wildman–Crippen MR) is 114 cm³/mol. The smallest absolute Gasteiger partial charge is 0.246 e. The number of ether oxygens (including phenoxy) is 2. The SMILES string of the molecule is CCc1ncc(/C(N)=C/N(N)CC(C)(C)OCC(C)(C)NC(=O)COCC=O)cn1. The highest BCUT2D eigenvalue weighted by Gasteiger charge is 2.27. The molecule has 1 heterocycles. The summed E-state index contributed by atoms with van der Waals surface area (Å²) in [6.07, 6.45) is 6.28. The van der Waals surface area contributed by atoms with Gasteiger partial charge >= 0.3 is 0 Å². The highest BCUT2D eigenvalue weighted by Crippen LogP contribution is 2.15. The average molecular weight is 423 g/mol. The summed E-state index contributed by atoms with van der Waals surface area (Å²) in [4.78, 5) is 30.6. The molecule has 0 aliphatic carbocycles. The molecule has 0 atom stereocenters. The maximum atomic E-state index is 11.9. The molecule has 1 aromatic heterocycles. The van der Waals surface area contributed by atoms with Crippen molar-refractivity contribution >= 4 is 17.9 Å². The van der Waals surface area contributed by atoms with Crippen LogP contribution in [0.3, 0.4) is 0 Å². The normalized spacial score (nSPS) is 12.5. The first kappa shape index (κ1) is 25.5. The minimum Gasteiger partial charge on any atom is -0.397 e. The topological polar surface area (TPSA) is 146 Å². The van der Waals surface area contributed by atoms with Crippen LogP contribution in [0.2, 0.25) is 0 Å². The van der Waals surface area contributed by atoms with Crippen LogP contribution in [0.25, 0.3) is 5.70 Å². The molecule has 0 saturated heterocycles. The number of aryl methyl sites for hydroxylation is 1. The lowest BCUT2D eigenvalue weighted by Crippen LogP contribution is -2.51. The largest absolute Gasteiger partial charge is 0.397 e. The molecule has 1 aromatic rings. The number of aromatic nitrogens is 2. The molecule has 0 aliphatic rings. The number of hydrogen-bond acceptors (Lipinski definition) is 9. The lowest BCUT2D eigenvalue weighted by molar-refractivity contribution is -0.130. The van der Waals surface area contributed by atoms with Crippen molar-refractivity contribution in [3.63, 3.8) is 0 Å². The van der Waals surface area contributed by atoms with Crippen molar-refractivity contribution < 1.29 is 19.1 Å². The first-order valence-electron chi connectivity index (χ1n) is 9.74. The minimum atomic E-state index is -0.633. The van der Waals surface area contributed by atoms with Gasteiger partial charge in [-0.05, 0) is 27.7 Å². The average Bonchev–Trinajstić information content (AvgIpc) is 2.66. The molecule has 0 radical (unpaired) electrons. The van der Waals surface area contributed by atoms with Crippen molar-refractivity contribution in [1.29, 1.82) is 0 Å². The third-order valence-corrected chi connectivity index (χ3v) is 3.94. The summed E-state index contributed by atoms with van der Waals surface area (Å²) >= 11 is 0. The van der Waals surface area contributed by atoms with Crippen LogP contribution < -0.4 is 16.9 Å². The molecular weight excluding hydrogens is 388 g/mol. The van der Waals surface area contributed by atoms with Crippen molar-refractivity contribution in [2.24, 2.45) is 11.6 Å². The van der Waals surface area contributed by atoms with Crippen LogP contribution in [-0.4, -0.2) is 64.7 Å².